The first-order valence-corrected chi connectivity index (χ1v) is 8.25. The molecule has 0 bridgehead atoms. The SMILES string of the molecule is CC1CCCCC1OCC(=O)N1Cc2n[nH]c(=O)n2CC1C(=O)O. The molecule has 1 amide bonds. The average Bonchev–Trinajstić information content (AvgIpc) is 2.93. The summed E-state index contributed by atoms with van der Waals surface area (Å²) in [5.41, 5.74) is -0.462. The summed E-state index contributed by atoms with van der Waals surface area (Å²) in [4.78, 5) is 36.8. The molecule has 1 fully saturated rings. The highest BCUT2D eigenvalue weighted by Gasteiger charge is 2.36. The number of hydrogen-bond acceptors (Lipinski definition) is 5. The zero-order valence-electron chi connectivity index (χ0n) is 13.6. The molecule has 1 saturated carbocycles. The van der Waals surface area contributed by atoms with Crippen molar-refractivity contribution in [2.24, 2.45) is 5.92 Å². The molecule has 1 aromatic rings. The van der Waals surface area contributed by atoms with Gasteiger partial charge in [0.25, 0.3) is 0 Å². The second kappa shape index (κ2) is 6.76. The highest BCUT2D eigenvalue weighted by atomic mass is 16.5. The van der Waals surface area contributed by atoms with Crippen molar-refractivity contribution in [3.8, 4) is 0 Å². The third-order valence-corrected chi connectivity index (χ3v) is 4.94. The number of hydrogen-bond donors (Lipinski definition) is 2. The molecule has 2 aliphatic rings. The van der Waals surface area contributed by atoms with Crippen molar-refractivity contribution in [3.05, 3.63) is 16.3 Å². The molecule has 2 N–H and O–H groups in total. The van der Waals surface area contributed by atoms with Gasteiger partial charge in [0.1, 0.15) is 12.6 Å². The van der Waals surface area contributed by atoms with Crippen LogP contribution in [0.1, 0.15) is 38.4 Å². The van der Waals surface area contributed by atoms with E-state index in [1.807, 2.05) is 0 Å². The lowest BCUT2D eigenvalue weighted by Gasteiger charge is -2.34. The lowest BCUT2D eigenvalue weighted by atomic mass is 9.88. The van der Waals surface area contributed by atoms with E-state index in [9.17, 15) is 19.5 Å². The minimum Gasteiger partial charge on any atom is -0.480 e. The maximum atomic E-state index is 12.5. The molecular formula is C15H22N4O5. The molecular weight excluding hydrogens is 316 g/mol. The molecule has 0 aromatic carbocycles. The standard InChI is InChI=1S/C15H22N4O5/c1-9-4-2-3-5-11(9)24-8-13(20)18-7-12-16-17-15(23)19(12)6-10(18)14(21)22/h9-11H,2-8H2,1H3,(H,17,23)(H,21,22). The van der Waals surface area contributed by atoms with Gasteiger partial charge in [-0.05, 0) is 18.8 Å². The number of aromatic amines is 1. The van der Waals surface area contributed by atoms with Crippen molar-refractivity contribution in [3.63, 3.8) is 0 Å². The fourth-order valence-electron chi connectivity index (χ4n) is 3.46. The quantitative estimate of drug-likeness (QED) is 0.795. The Morgan fingerprint density at radius 1 is 1.38 bits per heavy atom. The summed E-state index contributed by atoms with van der Waals surface area (Å²) >= 11 is 0. The number of carbonyl (C=O) groups excluding carboxylic acids is 1. The maximum absolute atomic E-state index is 12.5. The Morgan fingerprint density at radius 2 is 2.12 bits per heavy atom. The summed E-state index contributed by atoms with van der Waals surface area (Å²) in [7, 11) is 0. The number of fused-ring (bicyclic) bond motifs is 1. The number of carboxylic acid groups (broad SMARTS) is 1. The van der Waals surface area contributed by atoms with Crippen LogP contribution in [0.5, 0.6) is 0 Å². The van der Waals surface area contributed by atoms with Crippen LogP contribution < -0.4 is 5.69 Å². The smallest absolute Gasteiger partial charge is 0.343 e. The Bertz CT molecular complexity index is 682. The lowest BCUT2D eigenvalue weighted by Crippen LogP contribution is -2.53. The van der Waals surface area contributed by atoms with Crippen LogP contribution in [0.15, 0.2) is 4.79 Å². The van der Waals surface area contributed by atoms with Crippen molar-refractivity contribution in [1.82, 2.24) is 19.7 Å². The lowest BCUT2D eigenvalue weighted by molar-refractivity contribution is -0.156. The molecule has 1 aromatic heterocycles. The number of rotatable bonds is 4. The van der Waals surface area contributed by atoms with E-state index < -0.39 is 17.7 Å². The highest BCUT2D eigenvalue weighted by molar-refractivity contribution is 5.84. The predicted molar refractivity (Wildman–Crippen MR) is 82.2 cm³/mol. The van der Waals surface area contributed by atoms with Gasteiger partial charge in [0.2, 0.25) is 5.91 Å². The van der Waals surface area contributed by atoms with E-state index in [1.54, 1.807) is 0 Å². The van der Waals surface area contributed by atoms with Crippen LogP contribution in [0.3, 0.4) is 0 Å². The molecule has 0 spiro atoms. The van der Waals surface area contributed by atoms with Crippen molar-refractivity contribution >= 4 is 11.9 Å². The first kappa shape index (κ1) is 16.7. The van der Waals surface area contributed by atoms with E-state index in [0.29, 0.717) is 11.7 Å². The molecule has 132 valence electrons. The van der Waals surface area contributed by atoms with E-state index >= 15 is 0 Å². The summed E-state index contributed by atoms with van der Waals surface area (Å²) in [6.07, 6.45) is 4.32. The molecule has 3 atom stereocenters. The summed E-state index contributed by atoms with van der Waals surface area (Å²) in [6, 6.07) is -1.09. The number of carbonyl (C=O) groups is 2. The van der Waals surface area contributed by atoms with E-state index in [4.69, 9.17) is 4.74 Å². The first-order chi connectivity index (χ1) is 11.5. The maximum Gasteiger partial charge on any atom is 0.343 e. The molecule has 1 aliphatic carbocycles. The second-order valence-electron chi connectivity index (χ2n) is 6.54. The molecule has 9 nitrogen and oxygen atoms in total. The number of aromatic nitrogens is 3. The van der Waals surface area contributed by atoms with Gasteiger partial charge in [0, 0.05) is 0 Å². The van der Waals surface area contributed by atoms with Gasteiger partial charge >= 0.3 is 11.7 Å². The van der Waals surface area contributed by atoms with Crippen LogP contribution in [0.2, 0.25) is 0 Å². The largest absolute Gasteiger partial charge is 0.480 e. The monoisotopic (exact) mass is 338 g/mol. The number of H-pyrrole nitrogens is 1. The van der Waals surface area contributed by atoms with Gasteiger partial charge < -0.3 is 14.7 Å². The van der Waals surface area contributed by atoms with Gasteiger partial charge in [-0.25, -0.2) is 14.7 Å². The van der Waals surface area contributed by atoms with E-state index in [1.165, 1.54) is 15.9 Å². The minimum atomic E-state index is -1.15. The van der Waals surface area contributed by atoms with Gasteiger partial charge in [-0.3, -0.25) is 9.36 Å². The molecule has 2 heterocycles. The van der Waals surface area contributed by atoms with Crippen molar-refractivity contribution in [2.75, 3.05) is 6.61 Å². The van der Waals surface area contributed by atoms with Crippen LogP contribution in [0.4, 0.5) is 0 Å². The van der Waals surface area contributed by atoms with Crippen molar-refractivity contribution < 1.29 is 19.4 Å². The number of aliphatic carboxylic acids is 1. The Morgan fingerprint density at radius 3 is 2.83 bits per heavy atom. The van der Waals surface area contributed by atoms with Gasteiger partial charge in [-0.1, -0.05) is 19.8 Å². The fraction of sp³-hybridized carbons (Fsp3) is 0.733. The summed E-state index contributed by atoms with van der Waals surface area (Å²) in [5.74, 6) is -0.772. The third kappa shape index (κ3) is 3.21. The van der Waals surface area contributed by atoms with E-state index in [2.05, 4.69) is 17.1 Å². The van der Waals surface area contributed by atoms with Gasteiger partial charge in [-0.15, -0.1) is 0 Å². The van der Waals surface area contributed by atoms with Gasteiger partial charge in [0.05, 0.1) is 19.2 Å². The molecule has 1 aliphatic heterocycles. The normalized spacial score (nSPS) is 26.9. The minimum absolute atomic E-state index is 0.0158. The number of nitrogens with zero attached hydrogens (tertiary/aromatic N) is 3. The molecule has 24 heavy (non-hydrogen) atoms. The van der Waals surface area contributed by atoms with E-state index in [0.717, 1.165) is 19.3 Å². The molecule has 3 rings (SSSR count). The Hall–Kier alpha value is -2.16. The Balaban J connectivity index is 1.68. The molecule has 0 radical (unpaired) electrons. The summed E-state index contributed by atoms with van der Waals surface area (Å²) in [6.45, 7) is 1.84. The summed E-state index contributed by atoms with van der Waals surface area (Å²) < 4.78 is 7.01. The fourth-order valence-corrected chi connectivity index (χ4v) is 3.46. The molecule has 3 unspecified atom stereocenters. The van der Waals surface area contributed by atoms with Gasteiger partial charge in [0.15, 0.2) is 5.82 Å². The number of nitrogens with one attached hydrogen (secondary N) is 1. The topological polar surface area (TPSA) is 118 Å². The van der Waals surface area contributed by atoms with Crippen molar-refractivity contribution in [2.45, 2.75) is 57.8 Å². The number of ether oxygens (including phenoxy) is 1. The van der Waals surface area contributed by atoms with E-state index in [-0.39, 0.29) is 31.7 Å². The molecule has 0 saturated heterocycles. The van der Waals surface area contributed by atoms with Gasteiger partial charge in [-0.2, -0.15) is 5.10 Å². The highest BCUT2D eigenvalue weighted by Crippen LogP contribution is 2.26. The van der Waals surface area contributed by atoms with Crippen LogP contribution in [-0.2, 0) is 27.4 Å². The van der Waals surface area contributed by atoms with Crippen LogP contribution in [-0.4, -0.2) is 55.4 Å². The van der Waals surface area contributed by atoms with Crippen molar-refractivity contribution in [1.29, 1.82) is 0 Å². The number of amides is 1. The number of carboxylic acids is 1. The Kier molecular flexibility index (Phi) is 4.70. The summed E-state index contributed by atoms with van der Waals surface area (Å²) in [5, 5.41) is 15.5. The third-order valence-electron chi connectivity index (χ3n) is 4.94. The second-order valence-corrected chi connectivity index (χ2v) is 6.54. The molecule has 9 heteroatoms. The zero-order chi connectivity index (χ0) is 17.3. The van der Waals surface area contributed by atoms with Crippen LogP contribution >= 0.6 is 0 Å². The van der Waals surface area contributed by atoms with Crippen LogP contribution in [0.25, 0.3) is 0 Å². The first-order valence-electron chi connectivity index (χ1n) is 8.25. The predicted octanol–water partition coefficient (Wildman–Crippen LogP) is -0.0379. The Labute approximate surface area is 138 Å². The van der Waals surface area contributed by atoms with Crippen LogP contribution in [0, 0.1) is 5.92 Å². The zero-order valence-corrected chi connectivity index (χ0v) is 13.6. The average molecular weight is 338 g/mol.